The number of aliphatic hydroxyl groups excluding tert-OH is 1. The van der Waals surface area contributed by atoms with E-state index in [1.54, 1.807) is 0 Å². The average molecular weight is 310 g/mol. The largest absolute Gasteiger partial charge is 0.509 e. The van der Waals surface area contributed by atoms with Crippen LogP contribution in [0, 0.1) is 0 Å². The Bertz CT molecular complexity index is 506. The van der Waals surface area contributed by atoms with Gasteiger partial charge in [-0.25, -0.2) is 4.79 Å². The lowest BCUT2D eigenvalue weighted by atomic mass is 9.99. The van der Waals surface area contributed by atoms with E-state index in [-0.39, 0.29) is 6.61 Å². The van der Waals surface area contributed by atoms with Crippen LogP contribution in [-0.2, 0) is 30.3 Å². The third-order valence-electron chi connectivity index (χ3n) is 3.71. The Hall–Kier alpha value is -1.67. The van der Waals surface area contributed by atoms with E-state index in [0.29, 0.717) is 6.61 Å². The summed E-state index contributed by atoms with van der Waals surface area (Å²) in [6, 6.07) is 9.66. The lowest BCUT2D eigenvalue weighted by Crippen LogP contribution is -2.57. The smallest absolute Gasteiger partial charge is 0.424 e. The van der Waals surface area contributed by atoms with Gasteiger partial charge in [0.15, 0.2) is 18.5 Å². The molecule has 2 aliphatic rings. The number of fused-ring (bicyclic) bond motifs is 1. The minimum atomic E-state index is -1.03. The Morgan fingerprint density at radius 1 is 1.18 bits per heavy atom. The summed E-state index contributed by atoms with van der Waals surface area (Å²) in [5.74, 6) is 0. The van der Waals surface area contributed by atoms with E-state index in [4.69, 9.17) is 23.7 Å². The molecule has 0 spiro atoms. The molecule has 5 atom stereocenters. The summed E-state index contributed by atoms with van der Waals surface area (Å²) >= 11 is 0. The number of hydrogen-bond acceptors (Lipinski definition) is 7. The van der Waals surface area contributed by atoms with Gasteiger partial charge >= 0.3 is 6.16 Å². The molecule has 2 aliphatic heterocycles. The molecule has 0 aliphatic carbocycles. The fourth-order valence-corrected chi connectivity index (χ4v) is 2.60. The topological polar surface area (TPSA) is 83.5 Å². The number of aliphatic hydroxyl groups is 1. The maximum atomic E-state index is 11.2. The van der Waals surface area contributed by atoms with Crippen LogP contribution < -0.4 is 0 Å². The second kappa shape index (κ2) is 6.62. The number of ether oxygens (including phenoxy) is 5. The minimum Gasteiger partial charge on any atom is -0.424 e. The fourth-order valence-electron chi connectivity index (χ4n) is 2.60. The van der Waals surface area contributed by atoms with Crippen LogP contribution in [0.3, 0.4) is 0 Å². The first kappa shape index (κ1) is 15.2. The van der Waals surface area contributed by atoms with Crippen LogP contribution in [0.1, 0.15) is 5.56 Å². The summed E-state index contributed by atoms with van der Waals surface area (Å²) in [5, 5.41) is 10.2. The van der Waals surface area contributed by atoms with Gasteiger partial charge in [-0.15, -0.1) is 0 Å². The van der Waals surface area contributed by atoms with Gasteiger partial charge in [-0.1, -0.05) is 30.3 Å². The van der Waals surface area contributed by atoms with Crippen LogP contribution in [0.5, 0.6) is 0 Å². The molecular formula is C15H18O7. The number of hydrogen-bond donors (Lipinski definition) is 1. The predicted molar refractivity (Wildman–Crippen MR) is 72.9 cm³/mol. The zero-order valence-corrected chi connectivity index (χ0v) is 12.1. The highest BCUT2D eigenvalue weighted by molar-refractivity contribution is 5.62. The molecule has 0 bridgehead atoms. The lowest BCUT2D eigenvalue weighted by molar-refractivity contribution is -0.273. The van der Waals surface area contributed by atoms with Crippen molar-refractivity contribution < 1.29 is 33.6 Å². The summed E-state index contributed by atoms with van der Waals surface area (Å²) in [5.41, 5.74) is 1.02. The molecule has 7 heteroatoms. The van der Waals surface area contributed by atoms with Gasteiger partial charge in [0.05, 0.1) is 13.2 Å². The maximum absolute atomic E-state index is 11.2. The highest BCUT2D eigenvalue weighted by Gasteiger charge is 2.54. The molecule has 2 saturated heterocycles. The number of carbonyl (C=O) groups excluding carboxylic acids is 1. The molecule has 7 nitrogen and oxygen atoms in total. The van der Waals surface area contributed by atoms with Crippen molar-refractivity contribution in [3.63, 3.8) is 0 Å². The van der Waals surface area contributed by atoms with E-state index < -0.39 is 36.9 Å². The highest BCUT2D eigenvalue weighted by Crippen LogP contribution is 2.31. The standard InChI is InChI=1S/C15H18O7/c1-18-14-13-12(21-15(17)22-13)11(16)10(20-14)8-19-7-9-5-3-2-4-6-9/h2-6,10-14,16H,7-8H2,1H3/t10-,11-,12+,13-,14+/m1/s1. The van der Waals surface area contributed by atoms with Crippen molar-refractivity contribution >= 4 is 6.16 Å². The van der Waals surface area contributed by atoms with Gasteiger partial charge in [-0.05, 0) is 5.56 Å². The van der Waals surface area contributed by atoms with Gasteiger partial charge in [0, 0.05) is 7.11 Å². The molecular weight excluding hydrogens is 292 g/mol. The third kappa shape index (κ3) is 3.07. The van der Waals surface area contributed by atoms with Gasteiger partial charge in [-0.2, -0.15) is 0 Å². The molecule has 22 heavy (non-hydrogen) atoms. The van der Waals surface area contributed by atoms with E-state index in [1.165, 1.54) is 7.11 Å². The van der Waals surface area contributed by atoms with Crippen molar-refractivity contribution in [2.24, 2.45) is 0 Å². The summed E-state index contributed by atoms with van der Waals surface area (Å²) in [7, 11) is 1.44. The van der Waals surface area contributed by atoms with Crippen molar-refractivity contribution in [3.8, 4) is 0 Å². The van der Waals surface area contributed by atoms with E-state index in [2.05, 4.69) is 0 Å². The van der Waals surface area contributed by atoms with Crippen LogP contribution in [0.25, 0.3) is 0 Å². The van der Waals surface area contributed by atoms with Gasteiger partial charge in [-0.3, -0.25) is 0 Å². The summed E-state index contributed by atoms with van der Waals surface area (Å²) < 4.78 is 26.2. The molecule has 1 aromatic rings. The van der Waals surface area contributed by atoms with Crippen molar-refractivity contribution in [1.29, 1.82) is 0 Å². The first-order valence-corrected chi connectivity index (χ1v) is 7.04. The third-order valence-corrected chi connectivity index (χ3v) is 3.71. The van der Waals surface area contributed by atoms with Crippen LogP contribution in [0.2, 0.25) is 0 Å². The molecule has 0 radical (unpaired) electrons. The second-order valence-electron chi connectivity index (χ2n) is 5.18. The first-order valence-electron chi connectivity index (χ1n) is 7.04. The van der Waals surface area contributed by atoms with Gasteiger partial charge in [0.2, 0.25) is 0 Å². The van der Waals surface area contributed by atoms with E-state index in [0.717, 1.165) is 5.56 Å². The Labute approximate surface area is 127 Å². The minimum absolute atomic E-state index is 0.149. The van der Waals surface area contributed by atoms with Gasteiger partial charge < -0.3 is 28.8 Å². The highest BCUT2D eigenvalue weighted by atomic mass is 16.8. The van der Waals surface area contributed by atoms with Crippen molar-refractivity contribution in [1.82, 2.24) is 0 Å². The molecule has 0 saturated carbocycles. The number of carbonyl (C=O) groups is 1. The normalized spacial score (nSPS) is 33.9. The van der Waals surface area contributed by atoms with Crippen molar-refractivity contribution in [2.45, 2.75) is 37.3 Å². The maximum Gasteiger partial charge on any atom is 0.509 e. The van der Waals surface area contributed by atoms with E-state index >= 15 is 0 Å². The van der Waals surface area contributed by atoms with Crippen LogP contribution >= 0.6 is 0 Å². The Morgan fingerprint density at radius 2 is 1.91 bits per heavy atom. The zero-order chi connectivity index (χ0) is 15.5. The number of methoxy groups -OCH3 is 1. The molecule has 2 heterocycles. The molecule has 3 rings (SSSR count). The Balaban J connectivity index is 1.58. The van der Waals surface area contributed by atoms with Gasteiger partial charge in [0.1, 0.15) is 12.2 Å². The number of benzene rings is 1. The first-order chi connectivity index (χ1) is 10.7. The van der Waals surface area contributed by atoms with Crippen LogP contribution in [0.4, 0.5) is 4.79 Å². The summed E-state index contributed by atoms with van der Waals surface area (Å²) in [4.78, 5) is 11.2. The van der Waals surface area contributed by atoms with Crippen LogP contribution in [0.15, 0.2) is 30.3 Å². The molecule has 0 unspecified atom stereocenters. The molecule has 1 N–H and O–H groups in total. The summed E-state index contributed by atoms with van der Waals surface area (Å²) in [6.07, 6.45) is -4.88. The molecule has 0 aromatic heterocycles. The fraction of sp³-hybridized carbons (Fsp3) is 0.533. The van der Waals surface area contributed by atoms with Gasteiger partial charge in [0.25, 0.3) is 0 Å². The number of rotatable bonds is 5. The van der Waals surface area contributed by atoms with E-state index in [1.807, 2.05) is 30.3 Å². The lowest BCUT2D eigenvalue weighted by Gasteiger charge is -2.37. The average Bonchev–Trinajstić information content (AvgIpc) is 2.93. The van der Waals surface area contributed by atoms with Crippen molar-refractivity contribution in [3.05, 3.63) is 35.9 Å². The van der Waals surface area contributed by atoms with Crippen molar-refractivity contribution in [2.75, 3.05) is 13.7 Å². The Kier molecular flexibility index (Phi) is 4.58. The van der Waals surface area contributed by atoms with E-state index in [9.17, 15) is 9.90 Å². The SMILES string of the molecule is CO[C@H]1O[C@H](COCc2ccccc2)[C@@H](O)[C@@H]2OC(=O)O[C@@H]12. The molecule has 2 fully saturated rings. The predicted octanol–water partition coefficient (Wildman–Crippen LogP) is 0.839. The molecule has 0 amide bonds. The molecule has 1 aromatic carbocycles. The monoisotopic (exact) mass is 310 g/mol. The molecule has 120 valence electrons. The zero-order valence-electron chi connectivity index (χ0n) is 12.1. The summed E-state index contributed by atoms with van der Waals surface area (Å²) in [6.45, 7) is 0.548. The quantitative estimate of drug-likeness (QED) is 0.807. The Morgan fingerprint density at radius 3 is 2.64 bits per heavy atom. The second-order valence-corrected chi connectivity index (χ2v) is 5.18. The van der Waals surface area contributed by atoms with Crippen LogP contribution in [-0.4, -0.2) is 55.7 Å².